The highest BCUT2D eigenvalue weighted by Crippen LogP contribution is 2.30. The summed E-state index contributed by atoms with van der Waals surface area (Å²) in [5.41, 5.74) is 0.559. The molecular formula is C17H27N3O5S. The Labute approximate surface area is 155 Å². The predicted octanol–water partition coefficient (Wildman–Crippen LogP) is 1.29. The number of nitrogens with zero attached hydrogens (tertiary/aromatic N) is 2. The molecule has 0 saturated carbocycles. The summed E-state index contributed by atoms with van der Waals surface area (Å²) in [6.45, 7) is 1.10. The van der Waals surface area contributed by atoms with Gasteiger partial charge < -0.3 is 24.6 Å². The standard InChI is InChI=1S/C17H27N3O5S/c1-19(2)8-9-20(14-7-10-26(22,23)12-14)17(21)18-13-5-6-15(24-3)16(11-13)25-4/h5-6,11,14H,7-10,12H2,1-4H3,(H,18,21). The van der Waals surface area contributed by atoms with Gasteiger partial charge in [0.1, 0.15) is 0 Å². The number of hydrogen-bond acceptors (Lipinski definition) is 6. The molecule has 1 atom stereocenters. The number of ether oxygens (including phenoxy) is 2. The van der Waals surface area contributed by atoms with Crippen molar-refractivity contribution in [2.45, 2.75) is 12.5 Å². The van der Waals surface area contributed by atoms with E-state index in [2.05, 4.69) is 5.32 Å². The third kappa shape index (κ3) is 5.25. The fourth-order valence-corrected chi connectivity index (χ4v) is 4.62. The minimum Gasteiger partial charge on any atom is -0.493 e. The number of sulfone groups is 1. The van der Waals surface area contributed by atoms with Gasteiger partial charge in [0.2, 0.25) is 0 Å². The smallest absolute Gasteiger partial charge is 0.322 e. The van der Waals surface area contributed by atoms with Gasteiger partial charge in [-0.2, -0.15) is 0 Å². The Balaban J connectivity index is 2.15. The van der Waals surface area contributed by atoms with E-state index >= 15 is 0 Å². The lowest BCUT2D eigenvalue weighted by Crippen LogP contribution is -2.46. The highest BCUT2D eigenvalue weighted by molar-refractivity contribution is 7.91. The summed E-state index contributed by atoms with van der Waals surface area (Å²) in [7, 11) is 3.81. The molecule has 26 heavy (non-hydrogen) atoms. The van der Waals surface area contributed by atoms with Crippen LogP contribution in [-0.2, 0) is 9.84 Å². The van der Waals surface area contributed by atoms with E-state index in [1.807, 2.05) is 19.0 Å². The SMILES string of the molecule is COc1ccc(NC(=O)N(CCN(C)C)C2CCS(=O)(=O)C2)cc1OC. The van der Waals surface area contributed by atoms with Crippen LogP contribution in [0.1, 0.15) is 6.42 Å². The van der Waals surface area contributed by atoms with Gasteiger partial charge in [-0.25, -0.2) is 13.2 Å². The highest BCUT2D eigenvalue weighted by atomic mass is 32.2. The normalized spacial score (nSPS) is 18.6. The molecule has 8 nitrogen and oxygen atoms in total. The molecular weight excluding hydrogens is 358 g/mol. The summed E-state index contributed by atoms with van der Waals surface area (Å²) >= 11 is 0. The van der Waals surface area contributed by atoms with Gasteiger partial charge in [-0.1, -0.05) is 0 Å². The van der Waals surface area contributed by atoms with E-state index < -0.39 is 9.84 Å². The molecule has 146 valence electrons. The number of nitrogens with one attached hydrogen (secondary N) is 1. The molecule has 1 aromatic rings. The molecule has 1 fully saturated rings. The van der Waals surface area contributed by atoms with Crippen molar-refractivity contribution >= 4 is 21.6 Å². The number of amides is 2. The Bertz CT molecular complexity index is 736. The molecule has 9 heteroatoms. The van der Waals surface area contributed by atoms with Crippen LogP contribution in [0.3, 0.4) is 0 Å². The van der Waals surface area contributed by atoms with Crippen LogP contribution in [0.2, 0.25) is 0 Å². The lowest BCUT2D eigenvalue weighted by atomic mass is 10.2. The Hall–Kier alpha value is -2.00. The fourth-order valence-electron chi connectivity index (χ4n) is 2.89. The van der Waals surface area contributed by atoms with Crippen molar-refractivity contribution in [2.24, 2.45) is 0 Å². The summed E-state index contributed by atoms with van der Waals surface area (Å²) in [6, 6.07) is 4.47. The average Bonchev–Trinajstić information content (AvgIpc) is 2.94. The number of hydrogen-bond donors (Lipinski definition) is 1. The van der Waals surface area contributed by atoms with Crippen molar-refractivity contribution in [1.82, 2.24) is 9.80 Å². The third-order valence-corrected chi connectivity index (χ3v) is 6.08. The number of likely N-dealkylation sites (N-methyl/N-ethyl adjacent to an activating group) is 1. The predicted molar refractivity (Wildman–Crippen MR) is 101 cm³/mol. The van der Waals surface area contributed by atoms with Crippen LogP contribution in [-0.4, -0.2) is 83.2 Å². The van der Waals surface area contributed by atoms with Crippen molar-refractivity contribution in [2.75, 3.05) is 58.2 Å². The topological polar surface area (TPSA) is 88.2 Å². The summed E-state index contributed by atoms with van der Waals surface area (Å²) < 4.78 is 34.1. The van der Waals surface area contributed by atoms with Crippen LogP contribution in [0.4, 0.5) is 10.5 Å². The van der Waals surface area contributed by atoms with Crippen molar-refractivity contribution in [1.29, 1.82) is 0 Å². The summed E-state index contributed by atoms with van der Waals surface area (Å²) in [4.78, 5) is 16.4. The minimum absolute atomic E-state index is 0.0137. The van der Waals surface area contributed by atoms with Gasteiger partial charge in [-0.3, -0.25) is 0 Å². The van der Waals surface area contributed by atoms with Gasteiger partial charge in [0.15, 0.2) is 21.3 Å². The first-order valence-electron chi connectivity index (χ1n) is 8.40. The second-order valence-electron chi connectivity index (χ2n) is 6.55. The van der Waals surface area contributed by atoms with E-state index in [0.29, 0.717) is 36.7 Å². The van der Waals surface area contributed by atoms with E-state index in [0.717, 1.165) is 0 Å². The summed E-state index contributed by atoms with van der Waals surface area (Å²) in [5, 5.41) is 2.83. The van der Waals surface area contributed by atoms with Gasteiger partial charge in [0.05, 0.1) is 25.7 Å². The van der Waals surface area contributed by atoms with Gasteiger partial charge in [-0.05, 0) is 32.6 Å². The zero-order valence-electron chi connectivity index (χ0n) is 15.7. The summed E-state index contributed by atoms with van der Waals surface area (Å²) in [6.07, 6.45) is 0.467. The minimum atomic E-state index is -3.08. The Morgan fingerprint density at radius 1 is 1.19 bits per heavy atom. The van der Waals surface area contributed by atoms with Crippen molar-refractivity contribution in [3.63, 3.8) is 0 Å². The zero-order valence-corrected chi connectivity index (χ0v) is 16.5. The maximum absolute atomic E-state index is 12.8. The molecule has 0 radical (unpaired) electrons. The van der Waals surface area contributed by atoms with E-state index in [1.54, 1.807) is 30.2 Å². The van der Waals surface area contributed by atoms with Crippen LogP contribution in [0, 0.1) is 0 Å². The summed E-state index contributed by atoms with van der Waals surface area (Å²) in [5.74, 6) is 1.21. The van der Waals surface area contributed by atoms with E-state index in [9.17, 15) is 13.2 Å². The van der Waals surface area contributed by atoms with Crippen LogP contribution >= 0.6 is 0 Å². The lowest BCUT2D eigenvalue weighted by molar-refractivity contribution is 0.186. The molecule has 1 saturated heterocycles. The number of anilines is 1. The van der Waals surface area contributed by atoms with E-state index in [-0.39, 0.29) is 23.6 Å². The first-order chi connectivity index (χ1) is 12.3. The van der Waals surface area contributed by atoms with E-state index in [4.69, 9.17) is 9.47 Å². The largest absolute Gasteiger partial charge is 0.493 e. The monoisotopic (exact) mass is 385 g/mol. The third-order valence-electron chi connectivity index (χ3n) is 4.33. The van der Waals surface area contributed by atoms with Crippen LogP contribution < -0.4 is 14.8 Å². The second kappa shape index (κ2) is 8.59. The molecule has 2 rings (SSSR count). The Morgan fingerprint density at radius 2 is 1.88 bits per heavy atom. The molecule has 1 N–H and O–H groups in total. The molecule has 1 unspecified atom stereocenters. The lowest BCUT2D eigenvalue weighted by Gasteiger charge is -2.29. The van der Waals surface area contributed by atoms with Gasteiger partial charge in [-0.15, -0.1) is 0 Å². The maximum Gasteiger partial charge on any atom is 0.322 e. The highest BCUT2D eigenvalue weighted by Gasteiger charge is 2.34. The Morgan fingerprint density at radius 3 is 2.42 bits per heavy atom. The molecule has 2 amide bonds. The van der Waals surface area contributed by atoms with Crippen molar-refractivity contribution in [3.8, 4) is 11.5 Å². The first kappa shape index (κ1) is 20.3. The Kier molecular flexibility index (Phi) is 6.71. The van der Waals surface area contributed by atoms with Gasteiger partial charge >= 0.3 is 6.03 Å². The maximum atomic E-state index is 12.8. The molecule has 0 bridgehead atoms. The molecule has 0 spiro atoms. The molecule has 0 aliphatic carbocycles. The van der Waals surface area contributed by atoms with Crippen LogP contribution in [0.5, 0.6) is 11.5 Å². The molecule has 1 aliphatic rings. The quantitative estimate of drug-likeness (QED) is 0.761. The number of carbonyl (C=O) groups is 1. The second-order valence-corrected chi connectivity index (χ2v) is 8.78. The average molecular weight is 385 g/mol. The van der Waals surface area contributed by atoms with Crippen LogP contribution in [0.25, 0.3) is 0 Å². The van der Waals surface area contributed by atoms with E-state index in [1.165, 1.54) is 7.11 Å². The number of benzene rings is 1. The number of urea groups is 1. The molecule has 0 aromatic heterocycles. The number of carbonyl (C=O) groups excluding carboxylic acids is 1. The fraction of sp³-hybridized carbons (Fsp3) is 0.588. The van der Waals surface area contributed by atoms with Gasteiger partial charge in [0, 0.05) is 30.9 Å². The van der Waals surface area contributed by atoms with Crippen LogP contribution in [0.15, 0.2) is 18.2 Å². The number of methoxy groups -OCH3 is 2. The number of rotatable bonds is 7. The van der Waals surface area contributed by atoms with Crippen molar-refractivity contribution < 1.29 is 22.7 Å². The first-order valence-corrected chi connectivity index (χ1v) is 10.2. The van der Waals surface area contributed by atoms with Crippen molar-refractivity contribution in [3.05, 3.63) is 18.2 Å². The zero-order chi connectivity index (χ0) is 19.3. The molecule has 1 heterocycles. The van der Waals surface area contributed by atoms with Gasteiger partial charge in [0.25, 0.3) is 0 Å². The molecule has 1 aromatic carbocycles. The molecule has 1 aliphatic heterocycles.